The van der Waals surface area contributed by atoms with Gasteiger partial charge in [-0.15, -0.1) is 11.3 Å². The van der Waals surface area contributed by atoms with Crippen LogP contribution in [0.15, 0.2) is 67.5 Å². The van der Waals surface area contributed by atoms with Crippen LogP contribution >= 0.6 is 11.3 Å². The molecule has 0 atom stereocenters. The van der Waals surface area contributed by atoms with E-state index in [1.807, 2.05) is 47.4 Å². The fourth-order valence-electron chi connectivity index (χ4n) is 5.42. The summed E-state index contributed by atoms with van der Waals surface area (Å²) in [7, 11) is 0. The summed E-state index contributed by atoms with van der Waals surface area (Å²) in [6.07, 6.45) is 7.63. The molecule has 1 spiro atoms. The highest BCUT2D eigenvalue weighted by molar-refractivity contribution is 7.17. The topological polar surface area (TPSA) is 93.0 Å². The lowest BCUT2D eigenvalue weighted by molar-refractivity contribution is -0.125. The van der Waals surface area contributed by atoms with Crippen molar-refractivity contribution in [3.63, 3.8) is 0 Å². The molecule has 0 unspecified atom stereocenters. The van der Waals surface area contributed by atoms with Crippen molar-refractivity contribution in [1.82, 2.24) is 24.6 Å². The molecule has 1 saturated carbocycles. The molecule has 3 aromatic heterocycles. The number of amides is 2. The summed E-state index contributed by atoms with van der Waals surface area (Å²) in [5, 5.41) is 10.8. The van der Waals surface area contributed by atoms with E-state index in [4.69, 9.17) is 4.98 Å². The second-order valence-electron chi connectivity index (χ2n) is 9.32. The van der Waals surface area contributed by atoms with Gasteiger partial charge < -0.3 is 9.47 Å². The van der Waals surface area contributed by atoms with Gasteiger partial charge in [-0.05, 0) is 61.1 Å². The number of benzene rings is 1. The number of thiophene rings is 1. The summed E-state index contributed by atoms with van der Waals surface area (Å²) in [6, 6.07) is 13.8. The SMILES string of the molecule is C=CC(=O)N1CCC2(CC(n3c(NC(=O)c4ccc(-c5ccnnc5)s4)nc4ccccc43)C2)C1. The first-order valence-corrected chi connectivity index (χ1v) is 12.4. The van der Waals surface area contributed by atoms with E-state index in [1.165, 1.54) is 17.4 Å². The van der Waals surface area contributed by atoms with Gasteiger partial charge in [0.1, 0.15) is 0 Å². The Morgan fingerprint density at radius 2 is 2.00 bits per heavy atom. The van der Waals surface area contributed by atoms with Crippen molar-refractivity contribution < 1.29 is 9.59 Å². The predicted molar refractivity (Wildman–Crippen MR) is 135 cm³/mol. The largest absolute Gasteiger partial charge is 0.339 e. The van der Waals surface area contributed by atoms with E-state index < -0.39 is 0 Å². The number of para-hydroxylation sites is 2. The average Bonchev–Trinajstić information content (AvgIpc) is 3.60. The van der Waals surface area contributed by atoms with Gasteiger partial charge in [-0.25, -0.2) is 4.98 Å². The number of carbonyl (C=O) groups is 2. The van der Waals surface area contributed by atoms with Crippen molar-refractivity contribution in [3.8, 4) is 10.4 Å². The molecule has 2 fully saturated rings. The molecular weight excluding hydrogens is 460 g/mol. The maximum Gasteiger partial charge on any atom is 0.268 e. The van der Waals surface area contributed by atoms with Crippen LogP contribution in [0.2, 0.25) is 0 Å². The first-order valence-electron chi connectivity index (χ1n) is 11.6. The van der Waals surface area contributed by atoms with Gasteiger partial charge in [0.15, 0.2) is 0 Å². The molecule has 1 N–H and O–H groups in total. The van der Waals surface area contributed by atoms with Gasteiger partial charge in [0, 0.05) is 29.6 Å². The Bertz CT molecular complexity index is 1440. The molecule has 0 bridgehead atoms. The van der Waals surface area contributed by atoms with Crippen LogP contribution in [0.25, 0.3) is 21.5 Å². The highest BCUT2D eigenvalue weighted by atomic mass is 32.1. The zero-order valence-electron chi connectivity index (χ0n) is 19.1. The third-order valence-electron chi connectivity index (χ3n) is 7.15. The number of likely N-dealkylation sites (tertiary alicyclic amines) is 1. The summed E-state index contributed by atoms with van der Waals surface area (Å²) < 4.78 is 2.16. The van der Waals surface area contributed by atoms with Gasteiger partial charge in [0.2, 0.25) is 11.9 Å². The number of hydrogen-bond donors (Lipinski definition) is 1. The lowest BCUT2D eigenvalue weighted by Gasteiger charge is -2.46. The molecule has 4 aromatic rings. The number of nitrogens with zero attached hydrogens (tertiary/aromatic N) is 5. The van der Waals surface area contributed by atoms with Crippen molar-refractivity contribution in [2.24, 2.45) is 5.41 Å². The molecule has 35 heavy (non-hydrogen) atoms. The third kappa shape index (κ3) is 3.81. The zero-order valence-corrected chi connectivity index (χ0v) is 19.9. The van der Waals surface area contributed by atoms with E-state index in [0.717, 1.165) is 53.8 Å². The van der Waals surface area contributed by atoms with E-state index in [0.29, 0.717) is 10.8 Å². The first-order chi connectivity index (χ1) is 17.0. The van der Waals surface area contributed by atoms with Crippen molar-refractivity contribution in [2.75, 3.05) is 18.4 Å². The zero-order chi connectivity index (χ0) is 24.0. The van der Waals surface area contributed by atoms with Gasteiger partial charge in [-0.3, -0.25) is 14.9 Å². The summed E-state index contributed by atoms with van der Waals surface area (Å²) in [5.41, 5.74) is 2.93. The van der Waals surface area contributed by atoms with Gasteiger partial charge in [0.05, 0.1) is 28.3 Å². The number of imidazole rings is 1. The lowest BCUT2D eigenvalue weighted by Crippen LogP contribution is -2.42. The maximum atomic E-state index is 13.2. The number of hydrogen-bond acceptors (Lipinski definition) is 6. The van der Waals surface area contributed by atoms with E-state index >= 15 is 0 Å². The maximum absolute atomic E-state index is 13.2. The predicted octanol–water partition coefficient (Wildman–Crippen LogP) is 4.55. The van der Waals surface area contributed by atoms with Crippen LogP contribution in [0, 0.1) is 5.41 Å². The molecule has 1 aromatic carbocycles. The van der Waals surface area contributed by atoms with E-state index in [-0.39, 0.29) is 23.3 Å². The fourth-order valence-corrected chi connectivity index (χ4v) is 6.32. The smallest absolute Gasteiger partial charge is 0.268 e. The molecule has 8 nitrogen and oxygen atoms in total. The minimum absolute atomic E-state index is 0.00391. The van der Waals surface area contributed by atoms with Crippen molar-refractivity contribution >= 4 is 40.1 Å². The van der Waals surface area contributed by atoms with Crippen LogP contribution in [0.4, 0.5) is 5.95 Å². The van der Waals surface area contributed by atoms with Crippen LogP contribution in [0.3, 0.4) is 0 Å². The molecular formula is C26H24N6O2S. The number of fused-ring (bicyclic) bond motifs is 1. The summed E-state index contributed by atoms with van der Waals surface area (Å²) in [5.74, 6) is 0.385. The Morgan fingerprint density at radius 3 is 2.80 bits per heavy atom. The molecule has 1 saturated heterocycles. The van der Waals surface area contributed by atoms with Gasteiger partial charge in [0.25, 0.3) is 5.91 Å². The number of rotatable bonds is 5. The Hall–Kier alpha value is -3.85. The number of nitrogens with one attached hydrogen (secondary N) is 1. The Labute approximate surface area is 206 Å². The Kier molecular flexibility index (Phi) is 5.21. The minimum Gasteiger partial charge on any atom is -0.339 e. The van der Waals surface area contributed by atoms with Gasteiger partial charge in [-0.1, -0.05) is 18.7 Å². The second-order valence-corrected chi connectivity index (χ2v) is 10.4. The number of carbonyl (C=O) groups excluding carboxylic acids is 2. The molecule has 1 aliphatic heterocycles. The number of anilines is 1. The first kappa shape index (κ1) is 21.7. The quantitative estimate of drug-likeness (QED) is 0.420. The van der Waals surface area contributed by atoms with Gasteiger partial charge >= 0.3 is 0 Å². The van der Waals surface area contributed by atoms with E-state index in [9.17, 15) is 9.59 Å². The van der Waals surface area contributed by atoms with Crippen LogP contribution in [0.1, 0.15) is 35.0 Å². The molecule has 2 aliphatic rings. The molecule has 4 heterocycles. The highest BCUT2D eigenvalue weighted by Gasteiger charge is 2.50. The highest BCUT2D eigenvalue weighted by Crippen LogP contribution is 2.55. The van der Waals surface area contributed by atoms with Crippen molar-refractivity contribution in [3.05, 3.63) is 72.4 Å². The molecule has 1 aliphatic carbocycles. The summed E-state index contributed by atoms with van der Waals surface area (Å²) in [6.45, 7) is 5.17. The molecule has 176 valence electrons. The van der Waals surface area contributed by atoms with Crippen molar-refractivity contribution in [1.29, 1.82) is 0 Å². The van der Waals surface area contributed by atoms with Crippen LogP contribution < -0.4 is 5.32 Å². The normalized spacial score (nSPS) is 21.3. The molecule has 2 amide bonds. The lowest BCUT2D eigenvalue weighted by atomic mass is 9.65. The molecule has 9 heteroatoms. The van der Waals surface area contributed by atoms with Crippen LogP contribution in [-0.4, -0.2) is 49.6 Å². The van der Waals surface area contributed by atoms with Crippen LogP contribution in [0.5, 0.6) is 0 Å². The minimum atomic E-state index is -0.183. The molecule has 0 radical (unpaired) electrons. The number of aromatic nitrogens is 4. The summed E-state index contributed by atoms with van der Waals surface area (Å²) >= 11 is 1.41. The van der Waals surface area contributed by atoms with Crippen LogP contribution in [-0.2, 0) is 4.79 Å². The molecule has 6 rings (SSSR count). The standard InChI is InChI=1S/C26H24N6O2S/c1-2-23(33)31-12-10-26(16-31)13-18(14-26)32-20-6-4-3-5-19(20)29-25(32)30-24(34)22-8-7-21(35-22)17-9-11-27-28-15-17/h2-9,11,15,18H,1,10,12-14,16H2,(H,29,30,34). The van der Waals surface area contributed by atoms with Crippen molar-refractivity contribution in [2.45, 2.75) is 25.3 Å². The van der Waals surface area contributed by atoms with E-state index in [1.54, 1.807) is 12.4 Å². The Balaban J connectivity index is 1.24. The average molecular weight is 485 g/mol. The second kappa shape index (κ2) is 8.42. The fraction of sp³-hybridized carbons (Fsp3) is 0.269. The Morgan fingerprint density at radius 1 is 1.14 bits per heavy atom. The monoisotopic (exact) mass is 484 g/mol. The van der Waals surface area contributed by atoms with E-state index in [2.05, 4.69) is 26.7 Å². The van der Waals surface area contributed by atoms with Gasteiger partial charge in [-0.2, -0.15) is 10.2 Å². The third-order valence-corrected chi connectivity index (χ3v) is 8.28. The summed E-state index contributed by atoms with van der Waals surface area (Å²) in [4.78, 5) is 33.5.